The van der Waals surface area contributed by atoms with E-state index in [1.165, 1.54) is 59.8 Å². The Labute approximate surface area is 190 Å². The van der Waals surface area contributed by atoms with E-state index in [2.05, 4.69) is 44.9 Å². The van der Waals surface area contributed by atoms with Gasteiger partial charge in [0, 0.05) is 18.0 Å². The monoisotopic (exact) mass is 437 g/mol. The molecule has 4 saturated carbocycles. The maximum Gasteiger partial charge on any atom is 0.441 e. The van der Waals surface area contributed by atoms with E-state index in [4.69, 9.17) is 9.36 Å². The Morgan fingerprint density at radius 2 is 1.47 bits per heavy atom. The fourth-order valence-corrected chi connectivity index (χ4v) is 7.25. The van der Waals surface area contributed by atoms with Crippen molar-refractivity contribution in [1.29, 1.82) is 0 Å². The van der Waals surface area contributed by atoms with Crippen molar-refractivity contribution >= 4 is 5.71 Å². The van der Waals surface area contributed by atoms with Crippen LogP contribution < -0.4 is 5.76 Å². The Bertz CT molecular complexity index is 1090. The molecule has 0 atom stereocenters. The number of hydrogen-bond acceptors (Lipinski definition) is 5. The Kier molecular flexibility index (Phi) is 5.10. The highest BCUT2D eigenvalue weighted by molar-refractivity contribution is 6.12. The van der Waals surface area contributed by atoms with Crippen molar-refractivity contribution in [2.75, 3.05) is 6.61 Å². The second kappa shape index (κ2) is 7.60. The number of oxime groups is 1. The molecule has 1 aromatic heterocycles. The fraction of sp³-hybridized carbons (Fsp3) is 0.654. The van der Waals surface area contributed by atoms with Crippen molar-refractivity contribution in [3.63, 3.8) is 0 Å². The van der Waals surface area contributed by atoms with Crippen molar-refractivity contribution in [2.24, 2.45) is 35.4 Å². The molecule has 4 aliphatic rings. The molecule has 32 heavy (non-hydrogen) atoms. The van der Waals surface area contributed by atoms with Crippen LogP contribution in [0.3, 0.4) is 0 Å². The van der Waals surface area contributed by atoms with Crippen molar-refractivity contribution in [1.82, 2.24) is 9.72 Å². The summed E-state index contributed by atoms with van der Waals surface area (Å²) in [5.41, 5.74) is 7.85. The third kappa shape index (κ3) is 3.34. The summed E-state index contributed by atoms with van der Waals surface area (Å²) in [5.74, 6) is 2.53. The largest absolute Gasteiger partial charge is 0.441 e. The maximum atomic E-state index is 12.1. The van der Waals surface area contributed by atoms with Crippen LogP contribution in [0.2, 0.25) is 0 Å². The lowest BCUT2D eigenvalue weighted by Gasteiger charge is -2.56. The smallest absolute Gasteiger partial charge is 0.395 e. The Balaban J connectivity index is 1.53. The molecule has 0 N–H and O–H groups in total. The van der Waals surface area contributed by atoms with Crippen molar-refractivity contribution in [3.05, 3.63) is 49.8 Å². The van der Waals surface area contributed by atoms with E-state index in [9.17, 15) is 4.79 Å². The van der Waals surface area contributed by atoms with Crippen LogP contribution in [-0.4, -0.2) is 22.0 Å². The number of aromatic nitrogens is 2. The van der Waals surface area contributed by atoms with Gasteiger partial charge < -0.3 is 4.84 Å². The molecule has 4 aliphatic carbocycles. The minimum absolute atomic E-state index is 0.266. The lowest BCUT2D eigenvalue weighted by molar-refractivity contribution is -0.0958. The van der Waals surface area contributed by atoms with Crippen LogP contribution in [-0.2, 0) is 11.9 Å². The lowest BCUT2D eigenvalue weighted by Crippen LogP contribution is -2.48. The first-order valence-corrected chi connectivity index (χ1v) is 12.0. The van der Waals surface area contributed by atoms with Crippen LogP contribution in [0.1, 0.15) is 77.7 Å². The third-order valence-corrected chi connectivity index (χ3v) is 8.94. The number of rotatable bonds is 5. The highest BCUT2D eigenvalue weighted by atomic mass is 16.6. The Morgan fingerprint density at radius 1 is 0.969 bits per heavy atom. The summed E-state index contributed by atoms with van der Waals surface area (Å²) in [4.78, 5) is 18.2. The number of hydrogen-bond donors (Lipinski definition) is 0. The van der Waals surface area contributed by atoms with Gasteiger partial charge in [-0.3, -0.25) is 9.09 Å². The van der Waals surface area contributed by atoms with Gasteiger partial charge in [-0.1, -0.05) is 10.3 Å². The van der Waals surface area contributed by atoms with Crippen molar-refractivity contribution in [3.8, 4) is 0 Å². The first-order valence-electron chi connectivity index (χ1n) is 12.0. The molecule has 4 bridgehead atoms. The van der Waals surface area contributed by atoms with Gasteiger partial charge in [-0.25, -0.2) is 4.79 Å². The molecule has 0 radical (unpaired) electrons. The highest BCUT2D eigenvalue weighted by Gasteiger charge is 2.51. The van der Waals surface area contributed by atoms with E-state index >= 15 is 0 Å². The first kappa shape index (κ1) is 21.5. The molecule has 0 saturated heterocycles. The molecule has 1 aromatic carbocycles. The number of nitrogens with zero attached hydrogens (tertiary/aromatic N) is 3. The van der Waals surface area contributed by atoms with Gasteiger partial charge in [-0.05, 0) is 119 Å². The molecular formula is C26H35N3O3. The normalized spacial score (nSPS) is 29.1. The minimum atomic E-state index is -0.496. The van der Waals surface area contributed by atoms with Crippen LogP contribution in [0.25, 0.3) is 0 Å². The Morgan fingerprint density at radius 3 is 1.94 bits per heavy atom. The molecule has 172 valence electrons. The van der Waals surface area contributed by atoms with Gasteiger partial charge in [0.1, 0.15) is 6.61 Å². The van der Waals surface area contributed by atoms with Crippen LogP contribution in [0.15, 0.2) is 14.5 Å². The SMILES string of the molecule is Cc1c(C)c(C)c(C(=NOCC23CC4CC(CC(C4)C2)C3)c2noc(=O)n2C)c(C)c1C. The zero-order valence-corrected chi connectivity index (χ0v) is 20.2. The third-order valence-electron chi connectivity index (χ3n) is 8.94. The average Bonchev–Trinajstić information content (AvgIpc) is 3.07. The van der Waals surface area contributed by atoms with Gasteiger partial charge in [0.25, 0.3) is 0 Å². The second-order valence-electron chi connectivity index (χ2n) is 11.0. The maximum absolute atomic E-state index is 12.1. The second-order valence-corrected chi connectivity index (χ2v) is 11.0. The predicted molar refractivity (Wildman–Crippen MR) is 124 cm³/mol. The molecule has 2 aromatic rings. The summed E-state index contributed by atoms with van der Waals surface area (Å²) in [6.07, 6.45) is 8.05. The molecule has 4 fully saturated rings. The number of benzene rings is 1. The van der Waals surface area contributed by atoms with Crippen LogP contribution in [0.4, 0.5) is 0 Å². The molecule has 0 unspecified atom stereocenters. The van der Waals surface area contributed by atoms with Crippen molar-refractivity contribution < 1.29 is 9.36 Å². The van der Waals surface area contributed by atoms with E-state index in [1.807, 2.05) is 0 Å². The zero-order valence-electron chi connectivity index (χ0n) is 20.2. The molecule has 0 spiro atoms. The van der Waals surface area contributed by atoms with Gasteiger partial charge in [0.2, 0.25) is 5.82 Å². The van der Waals surface area contributed by atoms with Gasteiger partial charge in [0.05, 0.1) is 0 Å². The quantitative estimate of drug-likeness (QED) is 0.493. The topological polar surface area (TPSA) is 69.6 Å². The molecule has 6 heteroatoms. The summed E-state index contributed by atoms with van der Waals surface area (Å²) in [6.45, 7) is 11.3. The fourth-order valence-electron chi connectivity index (χ4n) is 7.25. The standard InChI is InChI=1S/C26H35N3O3/c1-14-15(2)17(4)22(18(5)16(14)3)23(24-28-32-25(30)29(24)6)27-31-13-26-10-19-7-20(11-26)9-21(8-19)12-26/h19-21H,7-13H2,1-6H3. The zero-order chi connectivity index (χ0) is 22.8. The highest BCUT2D eigenvalue weighted by Crippen LogP contribution is 2.60. The molecule has 1 heterocycles. The predicted octanol–water partition coefficient (Wildman–Crippen LogP) is 4.90. The van der Waals surface area contributed by atoms with E-state index in [0.29, 0.717) is 18.1 Å². The summed E-state index contributed by atoms with van der Waals surface area (Å²) in [5, 5.41) is 8.75. The summed E-state index contributed by atoms with van der Waals surface area (Å²) < 4.78 is 6.38. The first-order chi connectivity index (χ1) is 15.2. The lowest BCUT2D eigenvalue weighted by atomic mass is 9.50. The summed E-state index contributed by atoms with van der Waals surface area (Å²) in [7, 11) is 1.67. The van der Waals surface area contributed by atoms with Gasteiger partial charge in [0.15, 0.2) is 5.71 Å². The van der Waals surface area contributed by atoms with E-state index in [-0.39, 0.29) is 5.41 Å². The summed E-state index contributed by atoms with van der Waals surface area (Å²) in [6, 6.07) is 0. The van der Waals surface area contributed by atoms with Gasteiger partial charge in [-0.2, -0.15) is 0 Å². The van der Waals surface area contributed by atoms with Crippen LogP contribution in [0, 0.1) is 57.8 Å². The average molecular weight is 438 g/mol. The van der Waals surface area contributed by atoms with Crippen LogP contribution >= 0.6 is 0 Å². The molecule has 0 aliphatic heterocycles. The minimum Gasteiger partial charge on any atom is -0.395 e. The van der Waals surface area contributed by atoms with Gasteiger partial charge in [-0.15, -0.1) is 0 Å². The molecule has 6 rings (SSSR count). The summed E-state index contributed by atoms with van der Waals surface area (Å²) >= 11 is 0. The van der Waals surface area contributed by atoms with E-state index in [0.717, 1.165) is 34.4 Å². The molecule has 6 nitrogen and oxygen atoms in total. The van der Waals surface area contributed by atoms with Gasteiger partial charge >= 0.3 is 5.76 Å². The molecule has 0 amide bonds. The van der Waals surface area contributed by atoms with Crippen molar-refractivity contribution in [2.45, 2.75) is 73.1 Å². The van der Waals surface area contributed by atoms with Crippen LogP contribution in [0.5, 0.6) is 0 Å². The Hall–Kier alpha value is -2.37. The van der Waals surface area contributed by atoms with E-state index < -0.39 is 5.76 Å². The molecular weight excluding hydrogens is 402 g/mol. The van der Waals surface area contributed by atoms with E-state index in [1.54, 1.807) is 7.05 Å².